The maximum atomic E-state index is 13.3. The lowest BCUT2D eigenvalue weighted by atomic mass is 10.1. The van der Waals surface area contributed by atoms with E-state index < -0.39 is 39.9 Å². The van der Waals surface area contributed by atoms with Crippen LogP contribution in [0.4, 0.5) is 14.5 Å². The van der Waals surface area contributed by atoms with Crippen LogP contribution in [0.15, 0.2) is 12.1 Å². The zero-order chi connectivity index (χ0) is 12.5. The number of benzene rings is 1. The van der Waals surface area contributed by atoms with Crippen molar-refractivity contribution in [1.82, 2.24) is 0 Å². The molecule has 1 unspecified atom stereocenters. The smallest absolute Gasteiger partial charge is 0.340 e. The quantitative estimate of drug-likeness (QED) is 0.598. The number of halogens is 2. The second-order valence-corrected chi connectivity index (χ2v) is 2.80. The molecule has 1 atom stereocenters. The van der Waals surface area contributed by atoms with Crippen molar-refractivity contribution in [1.29, 1.82) is 0 Å². The van der Waals surface area contributed by atoms with Crippen molar-refractivity contribution in [2.75, 3.05) is 0 Å². The van der Waals surface area contributed by atoms with E-state index >= 15 is 0 Å². The van der Waals surface area contributed by atoms with Gasteiger partial charge in [-0.15, -0.1) is 0 Å². The topological polar surface area (TPSA) is 101 Å². The van der Waals surface area contributed by atoms with Gasteiger partial charge < -0.3 is 10.2 Å². The van der Waals surface area contributed by atoms with Crippen LogP contribution in [-0.4, -0.2) is 21.1 Å². The summed E-state index contributed by atoms with van der Waals surface area (Å²) in [6, 6.07) is 1.15. The Morgan fingerprint density at radius 3 is 2.44 bits per heavy atom. The third-order valence-corrected chi connectivity index (χ3v) is 1.81. The Labute approximate surface area is 86.9 Å². The van der Waals surface area contributed by atoms with Crippen LogP contribution in [0.3, 0.4) is 0 Å². The van der Waals surface area contributed by atoms with Crippen molar-refractivity contribution in [2.24, 2.45) is 0 Å². The van der Waals surface area contributed by atoms with E-state index in [9.17, 15) is 23.7 Å². The van der Waals surface area contributed by atoms with Gasteiger partial charge in [0.1, 0.15) is 0 Å². The highest BCUT2D eigenvalue weighted by atomic mass is 19.1. The van der Waals surface area contributed by atoms with Crippen molar-refractivity contribution < 1.29 is 28.7 Å². The Kier molecular flexibility index (Phi) is 3.14. The lowest BCUT2D eigenvalue weighted by Gasteiger charge is -2.07. The molecule has 0 saturated carbocycles. The van der Waals surface area contributed by atoms with Gasteiger partial charge >= 0.3 is 11.7 Å². The average molecular weight is 233 g/mol. The fraction of sp³-hybridized carbons (Fsp3) is 0.125. The summed E-state index contributed by atoms with van der Waals surface area (Å²) < 4.78 is 26.1. The van der Waals surface area contributed by atoms with Crippen LogP contribution in [0.25, 0.3) is 0 Å². The van der Waals surface area contributed by atoms with Crippen LogP contribution in [0, 0.1) is 21.7 Å². The molecule has 0 saturated heterocycles. The molecule has 0 radical (unpaired) electrons. The first-order chi connectivity index (χ1) is 7.36. The maximum absolute atomic E-state index is 13.3. The molecule has 1 rings (SSSR count). The Hall–Kier alpha value is -2.09. The molecular weight excluding hydrogens is 228 g/mol. The fourth-order valence-electron chi connectivity index (χ4n) is 1.07. The highest BCUT2D eigenvalue weighted by Gasteiger charge is 2.29. The minimum Gasteiger partial charge on any atom is -0.479 e. The van der Waals surface area contributed by atoms with E-state index in [0.29, 0.717) is 12.1 Å². The van der Waals surface area contributed by atoms with Crippen LogP contribution >= 0.6 is 0 Å². The number of carboxylic acid groups (broad SMARTS) is 1. The minimum absolute atomic E-state index is 0.517. The molecule has 0 aliphatic heterocycles. The summed E-state index contributed by atoms with van der Waals surface area (Å²) in [7, 11) is 0. The van der Waals surface area contributed by atoms with Crippen molar-refractivity contribution in [3.05, 3.63) is 39.4 Å². The molecule has 6 nitrogen and oxygen atoms in total. The number of hydrogen-bond donors (Lipinski definition) is 2. The number of nitrogens with zero attached hydrogens (tertiary/aromatic N) is 1. The largest absolute Gasteiger partial charge is 0.479 e. The van der Waals surface area contributed by atoms with E-state index in [-0.39, 0.29) is 0 Å². The molecule has 0 aliphatic rings. The summed E-state index contributed by atoms with van der Waals surface area (Å²) in [5.41, 5.74) is -2.35. The molecule has 0 bridgehead atoms. The first kappa shape index (κ1) is 12.0. The number of aliphatic carboxylic acids is 1. The SMILES string of the molecule is O=C(O)C(O)c1ccc(F)c([N+](=O)[O-])c1F. The van der Waals surface area contributed by atoms with E-state index in [1.165, 1.54) is 0 Å². The van der Waals surface area contributed by atoms with E-state index in [2.05, 4.69) is 0 Å². The summed E-state index contributed by atoms with van der Waals surface area (Å²) >= 11 is 0. The number of carboxylic acids is 1. The number of nitro benzene ring substituents is 1. The van der Waals surface area contributed by atoms with Gasteiger partial charge in [-0.25, -0.2) is 4.79 Å². The predicted octanol–water partition coefficient (Wildman–Crippen LogP) is 0.991. The van der Waals surface area contributed by atoms with Crippen LogP contribution in [-0.2, 0) is 4.79 Å². The van der Waals surface area contributed by atoms with Crippen LogP contribution in [0.1, 0.15) is 11.7 Å². The van der Waals surface area contributed by atoms with Gasteiger partial charge in [-0.2, -0.15) is 8.78 Å². The van der Waals surface area contributed by atoms with Gasteiger partial charge in [0.15, 0.2) is 6.10 Å². The van der Waals surface area contributed by atoms with E-state index in [1.807, 2.05) is 0 Å². The van der Waals surface area contributed by atoms with Crippen molar-refractivity contribution >= 4 is 11.7 Å². The van der Waals surface area contributed by atoms with Gasteiger partial charge in [0, 0.05) is 5.56 Å². The van der Waals surface area contributed by atoms with Crippen molar-refractivity contribution in [2.45, 2.75) is 6.10 Å². The Bertz CT molecular complexity index is 462. The lowest BCUT2D eigenvalue weighted by Crippen LogP contribution is -2.13. The lowest BCUT2D eigenvalue weighted by molar-refractivity contribution is -0.390. The van der Waals surface area contributed by atoms with Gasteiger partial charge in [0.2, 0.25) is 11.6 Å². The Balaban J connectivity index is 3.40. The average Bonchev–Trinajstić information content (AvgIpc) is 2.16. The molecule has 0 fully saturated rings. The molecule has 2 N–H and O–H groups in total. The van der Waals surface area contributed by atoms with Crippen LogP contribution in [0.5, 0.6) is 0 Å². The number of carbonyl (C=O) groups is 1. The predicted molar refractivity (Wildman–Crippen MR) is 45.6 cm³/mol. The molecule has 0 heterocycles. The third kappa shape index (κ3) is 1.96. The molecule has 0 spiro atoms. The maximum Gasteiger partial charge on any atom is 0.340 e. The molecule has 8 heteroatoms. The zero-order valence-corrected chi connectivity index (χ0v) is 7.55. The first-order valence-electron chi connectivity index (χ1n) is 3.89. The van der Waals surface area contributed by atoms with E-state index in [4.69, 9.17) is 10.2 Å². The highest BCUT2D eigenvalue weighted by Crippen LogP contribution is 2.27. The second kappa shape index (κ2) is 4.19. The fourth-order valence-corrected chi connectivity index (χ4v) is 1.07. The molecule has 0 amide bonds. The van der Waals surface area contributed by atoms with Gasteiger partial charge in [-0.05, 0) is 12.1 Å². The highest BCUT2D eigenvalue weighted by molar-refractivity contribution is 5.74. The molecule has 1 aromatic rings. The number of aliphatic hydroxyl groups is 1. The zero-order valence-electron chi connectivity index (χ0n) is 7.55. The first-order valence-corrected chi connectivity index (χ1v) is 3.89. The molecular formula is C8H5F2NO5. The van der Waals surface area contributed by atoms with Crippen LogP contribution < -0.4 is 0 Å². The van der Waals surface area contributed by atoms with Crippen molar-refractivity contribution in [3.8, 4) is 0 Å². The summed E-state index contributed by atoms with van der Waals surface area (Å²) in [4.78, 5) is 19.3. The van der Waals surface area contributed by atoms with Gasteiger partial charge in [0.05, 0.1) is 4.92 Å². The molecule has 0 aliphatic carbocycles. The summed E-state index contributed by atoms with van der Waals surface area (Å²) in [6.07, 6.45) is -2.28. The molecule has 1 aromatic carbocycles. The van der Waals surface area contributed by atoms with Crippen molar-refractivity contribution in [3.63, 3.8) is 0 Å². The van der Waals surface area contributed by atoms with Gasteiger partial charge in [0.25, 0.3) is 0 Å². The number of rotatable bonds is 3. The third-order valence-electron chi connectivity index (χ3n) is 1.81. The van der Waals surface area contributed by atoms with E-state index in [0.717, 1.165) is 0 Å². The minimum atomic E-state index is -2.28. The Morgan fingerprint density at radius 2 is 2.00 bits per heavy atom. The summed E-state index contributed by atoms with van der Waals surface area (Å²) in [6.45, 7) is 0. The van der Waals surface area contributed by atoms with Gasteiger partial charge in [-0.3, -0.25) is 10.1 Å². The molecule has 86 valence electrons. The normalized spacial score (nSPS) is 12.2. The number of aliphatic hydroxyl groups excluding tert-OH is 1. The summed E-state index contributed by atoms with van der Waals surface area (Å²) in [5.74, 6) is -4.93. The monoisotopic (exact) mass is 233 g/mol. The summed E-state index contributed by atoms with van der Waals surface area (Å²) in [5, 5.41) is 27.7. The second-order valence-electron chi connectivity index (χ2n) is 2.80. The molecule has 0 aromatic heterocycles. The number of hydrogen-bond acceptors (Lipinski definition) is 4. The standard InChI is InChI=1S/C8H5F2NO5/c9-4-2-1-3(7(12)8(13)14)5(10)6(4)11(15)16/h1-2,7,12H,(H,13,14). The molecule has 16 heavy (non-hydrogen) atoms. The number of nitro groups is 1. The van der Waals surface area contributed by atoms with E-state index in [1.54, 1.807) is 0 Å². The van der Waals surface area contributed by atoms with Gasteiger partial charge in [-0.1, -0.05) is 0 Å². The Morgan fingerprint density at radius 1 is 1.44 bits per heavy atom. The van der Waals surface area contributed by atoms with Crippen LogP contribution in [0.2, 0.25) is 0 Å².